The molecule has 0 spiro atoms. The second-order valence-electron chi connectivity index (χ2n) is 9.16. The number of hydrogen-bond donors (Lipinski definition) is 3. The Labute approximate surface area is 198 Å². The number of carboxylic acids is 1. The molecule has 3 N–H and O–H groups in total. The van der Waals surface area contributed by atoms with E-state index in [1.807, 2.05) is 43.3 Å². The van der Waals surface area contributed by atoms with E-state index in [0.717, 1.165) is 35.1 Å². The number of ether oxygens (including phenoxy) is 2. The Morgan fingerprint density at radius 2 is 1.76 bits per heavy atom. The molecule has 1 aliphatic carbocycles. The molecule has 1 heterocycles. The molecule has 0 bridgehead atoms. The molecule has 2 aliphatic rings. The summed E-state index contributed by atoms with van der Waals surface area (Å²) in [5.41, 5.74) is 3.85. The van der Waals surface area contributed by atoms with E-state index in [1.165, 1.54) is 0 Å². The maximum atomic E-state index is 12.9. The van der Waals surface area contributed by atoms with Crippen molar-refractivity contribution >= 4 is 18.0 Å². The van der Waals surface area contributed by atoms with E-state index in [-0.39, 0.29) is 25.4 Å². The van der Waals surface area contributed by atoms with E-state index in [4.69, 9.17) is 14.6 Å². The maximum absolute atomic E-state index is 12.9. The molecular formula is C26H30N2O6. The van der Waals surface area contributed by atoms with Crippen LogP contribution in [0.25, 0.3) is 11.1 Å². The van der Waals surface area contributed by atoms with Crippen LogP contribution >= 0.6 is 0 Å². The first-order valence-electron chi connectivity index (χ1n) is 11.6. The zero-order valence-corrected chi connectivity index (χ0v) is 19.2. The summed E-state index contributed by atoms with van der Waals surface area (Å²) in [4.78, 5) is 36.7. The predicted molar refractivity (Wildman–Crippen MR) is 125 cm³/mol. The van der Waals surface area contributed by atoms with Crippen LogP contribution in [0.2, 0.25) is 0 Å². The van der Waals surface area contributed by atoms with Gasteiger partial charge in [0.2, 0.25) is 5.91 Å². The number of alkyl carbamates (subject to hydrolysis) is 1. The summed E-state index contributed by atoms with van der Waals surface area (Å²) in [6, 6.07) is 15.0. The van der Waals surface area contributed by atoms with Gasteiger partial charge in [0, 0.05) is 18.9 Å². The van der Waals surface area contributed by atoms with Gasteiger partial charge in [0.05, 0.1) is 12.1 Å². The summed E-state index contributed by atoms with van der Waals surface area (Å²) >= 11 is 0. The fourth-order valence-electron chi connectivity index (χ4n) is 4.74. The van der Waals surface area contributed by atoms with Gasteiger partial charge < -0.3 is 25.2 Å². The Hall–Kier alpha value is -3.39. The Bertz CT molecular complexity index is 1020. The quantitative estimate of drug-likeness (QED) is 0.549. The highest BCUT2D eigenvalue weighted by Gasteiger charge is 2.33. The number of fused-ring (bicyclic) bond motifs is 3. The molecule has 0 aromatic heterocycles. The third-order valence-corrected chi connectivity index (χ3v) is 6.46. The Kier molecular flexibility index (Phi) is 7.17. The van der Waals surface area contributed by atoms with E-state index in [9.17, 15) is 14.4 Å². The van der Waals surface area contributed by atoms with E-state index < -0.39 is 29.6 Å². The fraction of sp³-hybridized carbons (Fsp3) is 0.423. The van der Waals surface area contributed by atoms with Crippen LogP contribution in [0, 0.1) is 0 Å². The summed E-state index contributed by atoms with van der Waals surface area (Å²) in [5, 5.41) is 14.6. The Morgan fingerprint density at radius 1 is 1.12 bits per heavy atom. The lowest BCUT2D eigenvalue weighted by atomic mass is 9.94. The smallest absolute Gasteiger partial charge is 0.407 e. The molecule has 2 unspecified atom stereocenters. The van der Waals surface area contributed by atoms with Crippen LogP contribution in [0.4, 0.5) is 4.79 Å². The average molecular weight is 467 g/mol. The standard InChI is InChI=1S/C26H30N2O6/c1-26(13-6-14-33-16-26)28-24(31)22(11-12-23(29)30)27-25(32)34-15-21-19-9-4-2-7-17(19)18-8-3-5-10-20(18)21/h2-5,7-10,21-22H,6,11-16H2,1H3,(H,27,32)(H,28,31)(H,29,30). The topological polar surface area (TPSA) is 114 Å². The molecular weight excluding hydrogens is 436 g/mol. The van der Waals surface area contributed by atoms with Gasteiger partial charge in [0.1, 0.15) is 12.6 Å². The minimum atomic E-state index is -1.04. The first-order valence-corrected chi connectivity index (χ1v) is 11.6. The summed E-state index contributed by atoms with van der Waals surface area (Å²) < 4.78 is 11.0. The lowest BCUT2D eigenvalue weighted by Gasteiger charge is -2.35. The van der Waals surface area contributed by atoms with Crippen molar-refractivity contribution in [2.75, 3.05) is 19.8 Å². The van der Waals surface area contributed by atoms with Crippen molar-refractivity contribution in [1.82, 2.24) is 10.6 Å². The van der Waals surface area contributed by atoms with Crippen LogP contribution in [0.15, 0.2) is 48.5 Å². The third kappa shape index (κ3) is 5.39. The Morgan fingerprint density at radius 3 is 2.35 bits per heavy atom. The Balaban J connectivity index is 1.41. The van der Waals surface area contributed by atoms with Crippen LogP contribution in [0.5, 0.6) is 0 Å². The van der Waals surface area contributed by atoms with Gasteiger partial charge in [-0.3, -0.25) is 9.59 Å². The zero-order valence-electron chi connectivity index (χ0n) is 19.2. The van der Waals surface area contributed by atoms with E-state index in [0.29, 0.717) is 13.2 Å². The second kappa shape index (κ2) is 10.3. The van der Waals surface area contributed by atoms with Crippen molar-refractivity contribution in [3.63, 3.8) is 0 Å². The molecule has 8 nitrogen and oxygen atoms in total. The number of nitrogens with one attached hydrogen (secondary N) is 2. The van der Waals surface area contributed by atoms with Gasteiger partial charge >= 0.3 is 12.1 Å². The molecule has 2 atom stereocenters. The molecule has 0 radical (unpaired) electrons. The van der Waals surface area contributed by atoms with Crippen molar-refractivity contribution in [3.05, 3.63) is 59.7 Å². The van der Waals surface area contributed by atoms with E-state index in [1.54, 1.807) is 0 Å². The minimum Gasteiger partial charge on any atom is -0.481 e. The first kappa shape index (κ1) is 23.8. The highest BCUT2D eigenvalue weighted by atomic mass is 16.5. The minimum absolute atomic E-state index is 0.0394. The van der Waals surface area contributed by atoms with Gasteiger partial charge in [0.15, 0.2) is 0 Å². The van der Waals surface area contributed by atoms with Crippen LogP contribution in [-0.4, -0.2) is 54.5 Å². The van der Waals surface area contributed by atoms with E-state index >= 15 is 0 Å². The normalized spacial score (nSPS) is 20.0. The summed E-state index contributed by atoms with van der Waals surface area (Å²) in [6.45, 7) is 3.01. The van der Waals surface area contributed by atoms with Gasteiger partial charge in [-0.15, -0.1) is 0 Å². The fourth-order valence-corrected chi connectivity index (χ4v) is 4.74. The monoisotopic (exact) mass is 466 g/mol. The molecule has 4 rings (SSSR count). The van der Waals surface area contributed by atoms with Crippen LogP contribution in [-0.2, 0) is 19.1 Å². The number of carbonyl (C=O) groups excluding carboxylic acids is 2. The van der Waals surface area contributed by atoms with Gasteiger partial charge in [-0.25, -0.2) is 4.79 Å². The molecule has 8 heteroatoms. The predicted octanol–water partition coefficient (Wildman–Crippen LogP) is 3.44. The SMILES string of the molecule is CC1(NC(=O)C(CCC(=O)O)NC(=O)OCC2c3ccccc3-c3ccccc32)CCCOC1. The van der Waals surface area contributed by atoms with Crippen molar-refractivity contribution in [2.24, 2.45) is 0 Å². The lowest BCUT2D eigenvalue weighted by molar-refractivity contribution is -0.137. The average Bonchev–Trinajstić information content (AvgIpc) is 3.14. The number of carbonyl (C=O) groups is 3. The zero-order chi connectivity index (χ0) is 24.1. The van der Waals surface area contributed by atoms with Gasteiger partial charge in [-0.05, 0) is 48.4 Å². The molecule has 1 aliphatic heterocycles. The molecule has 2 aromatic rings. The molecule has 1 fully saturated rings. The second-order valence-corrected chi connectivity index (χ2v) is 9.16. The highest BCUT2D eigenvalue weighted by molar-refractivity contribution is 5.87. The highest BCUT2D eigenvalue weighted by Crippen LogP contribution is 2.44. The van der Waals surface area contributed by atoms with Gasteiger partial charge in [0.25, 0.3) is 0 Å². The largest absolute Gasteiger partial charge is 0.481 e. The number of aliphatic carboxylic acids is 1. The number of carboxylic acid groups (broad SMARTS) is 1. The summed E-state index contributed by atoms with van der Waals surface area (Å²) in [7, 11) is 0. The van der Waals surface area contributed by atoms with Gasteiger partial charge in [-0.2, -0.15) is 0 Å². The number of amides is 2. The first-order chi connectivity index (χ1) is 16.4. The number of hydrogen-bond acceptors (Lipinski definition) is 5. The van der Waals surface area contributed by atoms with Crippen molar-refractivity contribution < 1.29 is 29.0 Å². The van der Waals surface area contributed by atoms with E-state index in [2.05, 4.69) is 22.8 Å². The molecule has 0 saturated carbocycles. The van der Waals surface area contributed by atoms with Crippen LogP contribution in [0.1, 0.15) is 49.7 Å². The summed E-state index contributed by atoms with van der Waals surface area (Å²) in [5.74, 6) is -1.59. The number of rotatable bonds is 8. The molecule has 1 saturated heterocycles. The van der Waals surface area contributed by atoms with Gasteiger partial charge in [-0.1, -0.05) is 48.5 Å². The van der Waals surface area contributed by atoms with Crippen molar-refractivity contribution in [3.8, 4) is 11.1 Å². The molecule has 180 valence electrons. The lowest BCUT2D eigenvalue weighted by Crippen LogP contribution is -2.57. The molecule has 34 heavy (non-hydrogen) atoms. The maximum Gasteiger partial charge on any atom is 0.407 e. The van der Waals surface area contributed by atoms with Crippen LogP contribution < -0.4 is 10.6 Å². The molecule has 2 amide bonds. The van der Waals surface area contributed by atoms with Crippen molar-refractivity contribution in [2.45, 2.75) is 50.1 Å². The van der Waals surface area contributed by atoms with Crippen LogP contribution in [0.3, 0.4) is 0 Å². The third-order valence-electron chi connectivity index (χ3n) is 6.46. The molecule has 2 aromatic carbocycles. The number of benzene rings is 2. The summed E-state index contributed by atoms with van der Waals surface area (Å²) in [6.07, 6.45) is 0.514. The van der Waals surface area contributed by atoms with Crippen molar-refractivity contribution in [1.29, 1.82) is 0 Å².